The lowest BCUT2D eigenvalue weighted by molar-refractivity contribution is 0.0254. The van der Waals surface area contributed by atoms with E-state index in [1.807, 2.05) is 19.1 Å². The molecule has 4 rings (SSSR count). The van der Waals surface area contributed by atoms with Gasteiger partial charge in [0.1, 0.15) is 17.9 Å². The van der Waals surface area contributed by atoms with Gasteiger partial charge in [-0.05, 0) is 31.2 Å². The Morgan fingerprint density at radius 3 is 2.86 bits per heavy atom. The van der Waals surface area contributed by atoms with Crippen molar-refractivity contribution in [2.24, 2.45) is 0 Å². The van der Waals surface area contributed by atoms with Gasteiger partial charge >= 0.3 is 0 Å². The standard InChI is InChI=1S/C20H20N6O2/c1-13-12-23-20(24-13)26-19-22-7-4-17(25-19)14-2-3-18(15(10-14)11-21)28-16-5-8-27-9-6-16/h2-4,7,10,12,16H,5-6,8-9H2,1H3,(H2,22,23,24,25,26). The van der Waals surface area contributed by atoms with Crippen LogP contribution in [0.2, 0.25) is 0 Å². The van der Waals surface area contributed by atoms with Crippen LogP contribution in [0.5, 0.6) is 5.75 Å². The van der Waals surface area contributed by atoms with E-state index >= 15 is 0 Å². The van der Waals surface area contributed by atoms with Gasteiger partial charge in [-0.15, -0.1) is 0 Å². The van der Waals surface area contributed by atoms with Crippen LogP contribution >= 0.6 is 0 Å². The number of hydrogen-bond acceptors (Lipinski definition) is 7. The quantitative estimate of drug-likeness (QED) is 0.703. The predicted octanol–water partition coefficient (Wildman–Crippen LogP) is 3.35. The summed E-state index contributed by atoms with van der Waals surface area (Å²) in [5.74, 6) is 1.59. The Morgan fingerprint density at radius 1 is 1.25 bits per heavy atom. The zero-order valence-corrected chi connectivity index (χ0v) is 15.5. The molecule has 2 N–H and O–H groups in total. The van der Waals surface area contributed by atoms with Crippen LogP contribution < -0.4 is 10.1 Å². The van der Waals surface area contributed by atoms with E-state index in [-0.39, 0.29) is 6.10 Å². The van der Waals surface area contributed by atoms with Crippen molar-refractivity contribution in [2.45, 2.75) is 25.9 Å². The van der Waals surface area contributed by atoms with E-state index < -0.39 is 0 Å². The predicted molar refractivity (Wildman–Crippen MR) is 103 cm³/mol. The average molecular weight is 376 g/mol. The lowest BCUT2D eigenvalue weighted by atomic mass is 10.1. The summed E-state index contributed by atoms with van der Waals surface area (Å²) >= 11 is 0. The molecule has 3 aromatic rings. The summed E-state index contributed by atoms with van der Waals surface area (Å²) in [7, 11) is 0. The van der Waals surface area contributed by atoms with Gasteiger partial charge in [-0.2, -0.15) is 5.26 Å². The van der Waals surface area contributed by atoms with Gasteiger partial charge in [0.25, 0.3) is 0 Å². The number of anilines is 2. The molecular formula is C20H20N6O2. The summed E-state index contributed by atoms with van der Waals surface area (Å²) < 4.78 is 11.4. The van der Waals surface area contributed by atoms with Crippen molar-refractivity contribution in [1.29, 1.82) is 5.26 Å². The van der Waals surface area contributed by atoms with E-state index in [1.165, 1.54) is 0 Å². The lowest BCUT2D eigenvalue weighted by Crippen LogP contribution is -2.26. The van der Waals surface area contributed by atoms with Crippen LogP contribution in [0.25, 0.3) is 11.3 Å². The number of imidazole rings is 1. The molecule has 1 fully saturated rings. The molecule has 1 aliphatic rings. The number of ether oxygens (including phenoxy) is 2. The van der Waals surface area contributed by atoms with Crippen LogP contribution in [-0.2, 0) is 4.74 Å². The first kappa shape index (κ1) is 17.9. The average Bonchev–Trinajstić information content (AvgIpc) is 3.14. The maximum atomic E-state index is 9.56. The second kappa shape index (κ2) is 8.06. The van der Waals surface area contributed by atoms with Crippen molar-refractivity contribution < 1.29 is 9.47 Å². The molecular weight excluding hydrogens is 356 g/mol. The number of rotatable bonds is 5. The second-order valence-electron chi connectivity index (χ2n) is 6.56. The molecule has 142 valence electrons. The normalized spacial score (nSPS) is 14.4. The van der Waals surface area contributed by atoms with Gasteiger partial charge in [-0.3, -0.25) is 5.32 Å². The smallest absolute Gasteiger partial charge is 0.230 e. The molecule has 0 bridgehead atoms. The number of aromatic nitrogens is 4. The molecule has 0 saturated carbocycles. The monoisotopic (exact) mass is 376 g/mol. The maximum absolute atomic E-state index is 9.56. The van der Waals surface area contributed by atoms with E-state index in [4.69, 9.17) is 9.47 Å². The Hall–Kier alpha value is -3.44. The molecule has 0 amide bonds. The highest BCUT2D eigenvalue weighted by molar-refractivity contribution is 5.65. The number of nitriles is 1. The first-order valence-electron chi connectivity index (χ1n) is 9.12. The molecule has 0 radical (unpaired) electrons. The minimum absolute atomic E-state index is 0.0818. The van der Waals surface area contributed by atoms with Crippen molar-refractivity contribution >= 4 is 11.9 Å². The zero-order chi connectivity index (χ0) is 19.3. The Kier molecular flexibility index (Phi) is 5.17. The molecule has 0 unspecified atom stereocenters. The summed E-state index contributed by atoms with van der Waals surface area (Å²) in [6, 6.07) is 9.54. The molecule has 28 heavy (non-hydrogen) atoms. The zero-order valence-electron chi connectivity index (χ0n) is 15.5. The lowest BCUT2D eigenvalue weighted by Gasteiger charge is -2.23. The van der Waals surface area contributed by atoms with Crippen molar-refractivity contribution in [3.8, 4) is 23.1 Å². The second-order valence-corrected chi connectivity index (χ2v) is 6.56. The van der Waals surface area contributed by atoms with Crippen LogP contribution in [-0.4, -0.2) is 39.3 Å². The van der Waals surface area contributed by atoms with Crippen LogP contribution in [0.15, 0.2) is 36.7 Å². The van der Waals surface area contributed by atoms with Crippen molar-refractivity contribution in [2.75, 3.05) is 18.5 Å². The van der Waals surface area contributed by atoms with Gasteiger partial charge < -0.3 is 14.5 Å². The van der Waals surface area contributed by atoms with Gasteiger partial charge in [0.05, 0.1) is 24.5 Å². The van der Waals surface area contributed by atoms with Gasteiger partial charge in [-0.25, -0.2) is 15.0 Å². The van der Waals surface area contributed by atoms with E-state index in [9.17, 15) is 5.26 Å². The van der Waals surface area contributed by atoms with Crippen molar-refractivity contribution in [1.82, 2.24) is 19.9 Å². The number of aromatic amines is 1. The first-order valence-corrected chi connectivity index (χ1v) is 9.12. The fourth-order valence-electron chi connectivity index (χ4n) is 3.01. The highest BCUT2D eigenvalue weighted by Gasteiger charge is 2.17. The number of hydrogen-bond donors (Lipinski definition) is 2. The molecule has 3 heterocycles. The SMILES string of the molecule is Cc1cnc(Nc2nccc(-c3ccc(OC4CCOCC4)c(C#N)c3)n2)[nH]1. The van der Waals surface area contributed by atoms with Crippen LogP contribution in [0.3, 0.4) is 0 Å². The van der Waals surface area contributed by atoms with Gasteiger partial charge in [0.15, 0.2) is 0 Å². The molecule has 0 spiro atoms. The van der Waals surface area contributed by atoms with E-state index in [0.717, 1.165) is 24.1 Å². The third-order valence-electron chi connectivity index (χ3n) is 4.45. The largest absolute Gasteiger partial charge is 0.489 e. The molecule has 8 nitrogen and oxygen atoms in total. The van der Waals surface area contributed by atoms with Gasteiger partial charge in [0, 0.05) is 36.5 Å². The maximum Gasteiger partial charge on any atom is 0.230 e. The minimum Gasteiger partial charge on any atom is -0.489 e. The summed E-state index contributed by atoms with van der Waals surface area (Å²) in [4.78, 5) is 16.0. The highest BCUT2D eigenvalue weighted by Crippen LogP contribution is 2.28. The number of benzene rings is 1. The number of H-pyrrole nitrogens is 1. The fourth-order valence-corrected chi connectivity index (χ4v) is 3.01. The van der Waals surface area contributed by atoms with Crippen LogP contribution in [0.1, 0.15) is 24.1 Å². The summed E-state index contributed by atoms with van der Waals surface area (Å²) in [6.07, 6.45) is 5.14. The molecule has 1 aromatic carbocycles. The Balaban J connectivity index is 1.55. The molecule has 1 saturated heterocycles. The molecule has 0 atom stereocenters. The molecule has 8 heteroatoms. The Labute approximate surface area is 162 Å². The third kappa shape index (κ3) is 4.10. The molecule has 0 aliphatic carbocycles. The summed E-state index contributed by atoms with van der Waals surface area (Å²) in [6.45, 7) is 3.30. The minimum atomic E-state index is 0.0818. The van der Waals surface area contributed by atoms with Gasteiger partial charge in [-0.1, -0.05) is 0 Å². The van der Waals surface area contributed by atoms with Crippen LogP contribution in [0, 0.1) is 18.3 Å². The topological polar surface area (TPSA) is 109 Å². The van der Waals surface area contributed by atoms with E-state index in [0.29, 0.717) is 42.1 Å². The fraction of sp³-hybridized carbons (Fsp3) is 0.300. The number of nitrogens with one attached hydrogen (secondary N) is 2. The van der Waals surface area contributed by atoms with Crippen LogP contribution in [0.4, 0.5) is 11.9 Å². The Bertz CT molecular complexity index is 1000. The summed E-state index contributed by atoms with van der Waals surface area (Å²) in [5, 5.41) is 12.6. The number of nitrogens with zero attached hydrogens (tertiary/aromatic N) is 4. The summed E-state index contributed by atoms with van der Waals surface area (Å²) in [5.41, 5.74) is 2.95. The first-order chi connectivity index (χ1) is 13.7. The van der Waals surface area contributed by atoms with Crippen molar-refractivity contribution in [3.63, 3.8) is 0 Å². The number of aryl methyl sites for hydroxylation is 1. The molecule has 2 aromatic heterocycles. The van der Waals surface area contributed by atoms with E-state index in [1.54, 1.807) is 24.5 Å². The highest BCUT2D eigenvalue weighted by atomic mass is 16.5. The van der Waals surface area contributed by atoms with Gasteiger partial charge in [0.2, 0.25) is 11.9 Å². The van der Waals surface area contributed by atoms with Crippen molar-refractivity contribution in [3.05, 3.63) is 47.9 Å². The van der Waals surface area contributed by atoms with E-state index in [2.05, 4.69) is 31.3 Å². The molecule has 1 aliphatic heterocycles. The Morgan fingerprint density at radius 2 is 2.11 bits per heavy atom. The third-order valence-corrected chi connectivity index (χ3v) is 4.45.